The zero-order chi connectivity index (χ0) is 19.1. The van der Waals surface area contributed by atoms with Crippen LogP contribution in [0.2, 0.25) is 0 Å². The quantitative estimate of drug-likeness (QED) is 0.701. The van der Waals surface area contributed by atoms with E-state index in [0.29, 0.717) is 10.8 Å². The highest BCUT2D eigenvalue weighted by Gasteiger charge is 2.39. The molecule has 0 aliphatic carbocycles. The molecule has 9 heteroatoms. The van der Waals surface area contributed by atoms with Crippen molar-refractivity contribution in [1.29, 1.82) is 0 Å². The normalized spacial score (nSPS) is 13.0. The van der Waals surface area contributed by atoms with E-state index >= 15 is 0 Å². The number of benzene rings is 1. The lowest BCUT2D eigenvalue weighted by atomic mass is 10.1. The minimum Gasteiger partial charge on any atom is -0.461 e. The number of furan rings is 1. The number of aryl methyl sites for hydroxylation is 1. The third-order valence-electron chi connectivity index (χ3n) is 3.99. The van der Waals surface area contributed by atoms with E-state index in [2.05, 4.69) is 9.97 Å². The van der Waals surface area contributed by atoms with E-state index in [0.717, 1.165) is 0 Å². The Labute approximate surface area is 151 Å². The van der Waals surface area contributed by atoms with Gasteiger partial charge in [-0.3, -0.25) is 14.4 Å². The lowest BCUT2D eigenvalue weighted by Gasteiger charge is -2.13. The van der Waals surface area contributed by atoms with Gasteiger partial charge in [-0.1, -0.05) is 17.2 Å². The van der Waals surface area contributed by atoms with Crippen LogP contribution in [0.4, 0.5) is 0 Å². The van der Waals surface area contributed by atoms with Gasteiger partial charge in [0.05, 0.1) is 23.1 Å². The van der Waals surface area contributed by atoms with Gasteiger partial charge in [0.2, 0.25) is 0 Å². The van der Waals surface area contributed by atoms with Crippen LogP contribution in [0.1, 0.15) is 36.8 Å². The molecule has 0 saturated heterocycles. The number of hydrogen-bond acceptors (Lipinski definition) is 7. The molecule has 2 aromatic heterocycles. The van der Waals surface area contributed by atoms with Gasteiger partial charge >= 0.3 is 5.97 Å². The largest absolute Gasteiger partial charge is 0.461 e. The number of nitrogens with zero attached hydrogens (tertiary/aromatic N) is 2. The monoisotopic (exact) mass is 365 g/mol. The Hall–Kier alpha value is -4.01. The average molecular weight is 365 g/mol. The van der Waals surface area contributed by atoms with Gasteiger partial charge in [-0.2, -0.15) is 0 Å². The lowest BCUT2D eigenvalue weighted by Crippen LogP contribution is -2.35. The van der Waals surface area contributed by atoms with Crippen LogP contribution in [-0.4, -0.2) is 32.8 Å². The predicted octanol–water partition coefficient (Wildman–Crippen LogP) is 1.71. The van der Waals surface area contributed by atoms with Gasteiger partial charge in [0.1, 0.15) is 5.56 Å². The third-order valence-corrected chi connectivity index (χ3v) is 3.99. The molecule has 1 aliphatic rings. The van der Waals surface area contributed by atoms with E-state index in [-0.39, 0.29) is 22.6 Å². The first kappa shape index (κ1) is 16.5. The number of hydroxylamine groups is 2. The molecule has 0 bridgehead atoms. The summed E-state index contributed by atoms with van der Waals surface area (Å²) in [6.45, 7) is 1.43. The number of H-pyrrole nitrogens is 1. The van der Waals surface area contributed by atoms with Gasteiger partial charge in [0, 0.05) is 0 Å². The fourth-order valence-corrected chi connectivity index (χ4v) is 2.73. The van der Waals surface area contributed by atoms with E-state index in [1.807, 2.05) is 0 Å². The molecule has 27 heavy (non-hydrogen) atoms. The number of nitrogens with one attached hydrogen (secondary N) is 1. The summed E-state index contributed by atoms with van der Waals surface area (Å²) in [5, 5.41) is 0.340. The molecule has 2 amide bonds. The predicted molar refractivity (Wildman–Crippen MR) is 89.7 cm³/mol. The summed E-state index contributed by atoms with van der Waals surface area (Å²) in [7, 11) is 0. The van der Waals surface area contributed by atoms with Gasteiger partial charge in [0.25, 0.3) is 17.4 Å². The Balaban J connectivity index is 1.64. The van der Waals surface area contributed by atoms with Crippen molar-refractivity contribution in [1.82, 2.24) is 15.0 Å². The Morgan fingerprint density at radius 3 is 2.30 bits per heavy atom. The van der Waals surface area contributed by atoms with E-state index in [1.54, 1.807) is 24.3 Å². The van der Waals surface area contributed by atoms with E-state index in [4.69, 9.17) is 9.25 Å². The van der Waals surface area contributed by atoms with Crippen molar-refractivity contribution in [2.75, 3.05) is 0 Å². The minimum absolute atomic E-state index is 0.0618. The maximum Gasteiger partial charge on any atom is 0.371 e. The molecule has 0 saturated carbocycles. The second-order valence-corrected chi connectivity index (χ2v) is 5.68. The summed E-state index contributed by atoms with van der Waals surface area (Å²) in [5.74, 6) is -2.27. The van der Waals surface area contributed by atoms with Gasteiger partial charge < -0.3 is 14.2 Å². The number of aromatic nitrogens is 2. The zero-order valence-corrected chi connectivity index (χ0v) is 13.9. The van der Waals surface area contributed by atoms with Gasteiger partial charge in [-0.25, -0.2) is 9.78 Å². The highest BCUT2D eigenvalue weighted by molar-refractivity contribution is 6.21. The molecule has 134 valence electrons. The number of rotatable bonds is 3. The average Bonchev–Trinajstić information content (AvgIpc) is 3.25. The number of aromatic amines is 1. The fourth-order valence-electron chi connectivity index (χ4n) is 2.73. The van der Waals surface area contributed by atoms with Crippen LogP contribution in [0.5, 0.6) is 0 Å². The molecule has 9 nitrogen and oxygen atoms in total. The van der Waals surface area contributed by atoms with Crippen LogP contribution in [0.25, 0.3) is 11.6 Å². The third kappa shape index (κ3) is 2.61. The summed E-state index contributed by atoms with van der Waals surface area (Å²) in [6.07, 6.45) is 1.41. The smallest absolute Gasteiger partial charge is 0.371 e. The van der Waals surface area contributed by atoms with Crippen LogP contribution in [0.15, 0.2) is 51.9 Å². The Bertz CT molecular complexity index is 1110. The van der Waals surface area contributed by atoms with Crippen molar-refractivity contribution in [2.45, 2.75) is 6.92 Å². The number of carbonyl (C=O) groups excluding carboxylic acids is 3. The number of amides is 2. The van der Waals surface area contributed by atoms with Crippen molar-refractivity contribution in [3.63, 3.8) is 0 Å². The van der Waals surface area contributed by atoms with Crippen LogP contribution in [-0.2, 0) is 4.84 Å². The number of fused-ring (bicyclic) bond motifs is 1. The minimum atomic E-state index is -1.17. The van der Waals surface area contributed by atoms with Gasteiger partial charge in [-0.05, 0) is 31.2 Å². The van der Waals surface area contributed by atoms with Gasteiger partial charge in [0.15, 0.2) is 11.6 Å². The highest BCUT2D eigenvalue weighted by Crippen LogP contribution is 2.23. The molecular formula is C18H11N3O6. The van der Waals surface area contributed by atoms with E-state index in [9.17, 15) is 19.2 Å². The van der Waals surface area contributed by atoms with Crippen LogP contribution < -0.4 is 5.56 Å². The molecule has 0 unspecified atom stereocenters. The molecule has 0 spiro atoms. The molecule has 1 aliphatic heterocycles. The Kier molecular flexibility index (Phi) is 3.69. The van der Waals surface area contributed by atoms with Crippen LogP contribution in [0, 0.1) is 6.92 Å². The first-order chi connectivity index (χ1) is 13.0. The van der Waals surface area contributed by atoms with Crippen molar-refractivity contribution in [2.24, 2.45) is 0 Å². The Morgan fingerprint density at radius 1 is 1.07 bits per heavy atom. The summed E-state index contributed by atoms with van der Waals surface area (Å²) >= 11 is 0. The first-order valence-corrected chi connectivity index (χ1v) is 7.82. The molecule has 1 N–H and O–H groups in total. The van der Waals surface area contributed by atoms with Crippen LogP contribution in [0.3, 0.4) is 0 Å². The molecule has 3 aromatic rings. The molecule has 0 radical (unpaired) electrons. The SMILES string of the molecule is Cc1nc(-c2ccco2)[nH]c(=O)c1C(=O)ON1C(=O)c2ccccc2C1=O. The molecule has 1 aromatic carbocycles. The molecule has 0 fully saturated rings. The van der Waals surface area contributed by atoms with Crippen molar-refractivity contribution < 1.29 is 23.6 Å². The number of hydrogen-bond donors (Lipinski definition) is 1. The molecular weight excluding hydrogens is 354 g/mol. The van der Waals surface area contributed by atoms with Crippen molar-refractivity contribution >= 4 is 17.8 Å². The lowest BCUT2D eigenvalue weighted by molar-refractivity contribution is -0.0586. The topological polar surface area (TPSA) is 123 Å². The number of carbonyl (C=O) groups is 3. The summed E-state index contributed by atoms with van der Waals surface area (Å²) < 4.78 is 5.16. The van der Waals surface area contributed by atoms with Crippen molar-refractivity contribution in [3.8, 4) is 11.6 Å². The second kappa shape index (κ2) is 6.06. The summed E-state index contributed by atoms with van der Waals surface area (Å²) in [6, 6.07) is 9.27. The van der Waals surface area contributed by atoms with E-state index in [1.165, 1.54) is 25.3 Å². The molecule has 4 rings (SSSR count). The first-order valence-electron chi connectivity index (χ1n) is 7.82. The van der Waals surface area contributed by atoms with Gasteiger partial charge in [-0.15, -0.1) is 0 Å². The maximum atomic E-state index is 12.4. The Morgan fingerprint density at radius 2 is 1.74 bits per heavy atom. The van der Waals surface area contributed by atoms with E-state index < -0.39 is 28.9 Å². The fraction of sp³-hybridized carbons (Fsp3) is 0.0556. The molecule has 3 heterocycles. The maximum absolute atomic E-state index is 12.4. The summed E-state index contributed by atoms with van der Waals surface area (Å²) in [4.78, 5) is 60.7. The molecule has 0 atom stereocenters. The summed E-state index contributed by atoms with van der Waals surface area (Å²) in [5.41, 5.74) is -0.899. The number of imide groups is 1. The van der Waals surface area contributed by atoms with Crippen LogP contribution >= 0.6 is 0 Å². The van der Waals surface area contributed by atoms with Crippen molar-refractivity contribution in [3.05, 3.63) is 75.4 Å². The second-order valence-electron chi connectivity index (χ2n) is 5.68. The zero-order valence-electron chi connectivity index (χ0n) is 13.9. The highest BCUT2D eigenvalue weighted by atomic mass is 16.7. The standard InChI is InChI=1S/C18H11N3O6/c1-9-13(15(22)20-14(19-9)12-7-4-8-26-12)18(25)27-21-16(23)10-5-2-3-6-11(10)17(21)24/h2-8H,1H3,(H,19,20,22).